The van der Waals surface area contributed by atoms with Crippen molar-refractivity contribution < 1.29 is 38.1 Å². The maximum atomic E-state index is 13.0. The molecule has 230 valence electrons. The zero-order chi connectivity index (χ0) is 31.2. The van der Waals surface area contributed by atoms with Crippen molar-refractivity contribution in [3.63, 3.8) is 0 Å². The molecule has 0 fully saturated rings. The first-order chi connectivity index (χ1) is 19.7. The molecule has 2 atom stereocenters. The second kappa shape index (κ2) is 16.4. The molecule has 0 bridgehead atoms. The van der Waals surface area contributed by atoms with Gasteiger partial charge in [-0.2, -0.15) is 0 Å². The van der Waals surface area contributed by atoms with E-state index in [0.29, 0.717) is 12.8 Å². The number of hydrogen-bond donors (Lipinski definition) is 2. The first kappa shape index (κ1) is 34.1. The van der Waals surface area contributed by atoms with Crippen LogP contribution in [0.4, 0.5) is 9.59 Å². The lowest BCUT2D eigenvalue weighted by molar-refractivity contribution is -0.157. The monoisotopic (exact) mass is 584 g/mol. The molecule has 2 aromatic carbocycles. The Morgan fingerprint density at radius 3 is 1.50 bits per heavy atom. The normalized spacial score (nSPS) is 12.8. The molecule has 10 heteroatoms. The van der Waals surface area contributed by atoms with Crippen molar-refractivity contribution in [2.45, 2.75) is 104 Å². The molecule has 0 saturated carbocycles. The van der Waals surface area contributed by atoms with E-state index in [1.54, 1.807) is 41.5 Å². The van der Waals surface area contributed by atoms with Crippen LogP contribution in [0.3, 0.4) is 0 Å². The topological polar surface area (TPSA) is 129 Å². The van der Waals surface area contributed by atoms with Crippen molar-refractivity contribution in [2.75, 3.05) is 0 Å². The van der Waals surface area contributed by atoms with Crippen LogP contribution in [-0.4, -0.2) is 47.4 Å². The second-order valence-electron chi connectivity index (χ2n) is 11.9. The molecule has 0 aliphatic carbocycles. The maximum Gasteiger partial charge on any atom is 0.408 e. The number of unbranched alkanes of at least 4 members (excludes halogenated alkanes) is 1. The van der Waals surface area contributed by atoms with Gasteiger partial charge in [0.2, 0.25) is 0 Å². The summed E-state index contributed by atoms with van der Waals surface area (Å²) in [5.74, 6) is -1.19. The van der Waals surface area contributed by atoms with E-state index in [-0.39, 0.29) is 26.1 Å². The number of alkyl carbamates (subject to hydrolysis) is 2. The van der Waals surface area contributed by atoms with E-state index >= 15 is 0 Å². The van der Waals surface area contributed by atoms with Crippen molar-refractivity contribution in [2.24, 2.45) is 0 Å². The number of ether oxygens (including phenoxy) is 4. The quantitative estimate of drug-likeness (QED) is 0.171. The number of nitrogens with one attached hydrogen (secondary N) is 2. The number of amides is 2. The number of esters is 2. The average molecular weight is 585 g/mol. The van der Waals surface area contributed by atoms with Crippen LogP contribution < -0.4 is 10.6 Å². The summed E-state index contributed by atoms with van der Waals surface area (Å²) in [6.45, 7) is 10.5. The van der Waals surface area contributed by atoms with Crippen LogP contribution in [0.5, 0.6) is 0 Å². The highest BCUT2D eigenvalue weighted by atomic mass is 16.6. The van der Waals surface area contributed by atoms with E-state index in [2.05, 4.69) is 10.6 Å². The molecule has 0 spiro atoms. The van der Waals surface area contributed by atoms with Crippen molar-refractivity contribution >= 4 is 24.1 Å². The first-order valence-electron chi connectivity index (χ1n) is 14.1. The van der Waals surface area contributed by atoms with Gasteiger partial charge in [-0.3, -0.25) is 0 Å². The average Bonchev–Trinajstić information content (AvgIpc) is 2.90. The Balaban J connectivity index is 2.00. The number of carbonyl (C=O) groups is 4. The largest absolute Gasteiger partial charge is 0.459 e. The lowest BCUT2D eigenvalue weighted by atomic mass is 10.0. The van der Waals surface area contributed by atoms with Gasteiger partial charge in [0, 0.05) is 0 Å². The number of rotatable bonds is 13. The zero-order valence-corrected chi connectivity index (χ0v) is 25.4. The Hall–Kier alpha value is -4.08. The number of hydrogen-bond acceptors (Lipinski definition) is 8. The highest BCUT2D eigenvalue weighted by Crippen LogP contribution is 2.15. The second-order valence-corrected chi connectivity index (χ2v) is 11.9. The minimum Gasteiger partial charge on any atom is -0.459 e. The molecule has 0 radical (unpaired) electrons. The van der Waals surface area contributed by atoms with Crippen LogP contribution in [0.1, 0.15) is 78.4 Å². The van der Waals surface area contributed by atoms with E-state index < -0.39 is 47.4 Å². The molecular formula is C32H44N2O8. The van der Waals surface area contributed by atoms with Gasteiger partial charge in [-0.05, 0) is 65.5 Å². The molecule has 0 unspecified atom stereocenters. The Morgan fingerprint density at radius 2 is 1.02 bits per heavy atom. The minimum absolute atomic E-state index is 0.0480. The Kier molecular flexibility index (Phi) is 13.3. The lowest BCUT2D eigenvalue weighted by Crippen LogP contribution is -2.46. The Bertz CT molecular complexity index is 1140. The van der Waals surface area contributed by atoms with E-state index in [1.807, 2.05) is 60.7 Å². The summed E-state index contributed by atoms with van der Waals surface area (Å²) in [5.41, 5.74) is 0.130. The first-order valence-corrected chi connectivity index (χ1v) is 14.1. The van der Waals surface area contributed by atoms with Crippen molar-refractivity contribution in [1.29, 1.82) is 0 Å². The molecule has 2 N–H and O–H groups in total. The molecule has 0 aliphatic rings. The molecule has 2 aromatic rings. The van der Waals surface area contributed by atoms with Gasteiger partial charge >= 0.3 is 24.1 Å². The fourth-order valence-corrected chi connectivity index (χ4v) is 3.75. The molecule has 0 aromatic heterocycles. The van der Waals surface area contributed by atoms with E-state index in [4.69, 9.17) is 18.9 Å². The molecule has 2 rings (SSSR count). The highest BCUT2D eigenvalue weighted by molar-refractivity contribution is 5.82. The fraction of sp³-hybridized carbons (Fsp3) is 0.500. The predicted molar refractivity (Wildman–Crippen MR) is 157 cm³/mol. The summed E-state index contributed by atoms with van der Waals surface area (Å²) in [4.78, 5) is 50.7. The van der Waals surface area contributed by atoms with Gasteiger partial charge in [-0.15, -0.1) is 0 Å². The van der Waals surface area contributed by atoms with Gasteiger partial charge in [0.1, 0.15) is 36.5 Å². The van der Waals surface area contributed by atoms with Gasteiger partial charge in [0.25, 0.3) is 0 Å². The van der Waals surface area contributed by atoms with Crippen molar-refractivity contribution in [3.05, 3.63) is 71.8 Å². The summed E-state index contributed by atoms with van der Waals surface area (Å²) in [5, 5.41) is 5.20. The Labute approximate surface area is 248 Å². The summed E-state index contributed by atoms with van der Waals surface area (Å²) < 4.78 is 21.6. The third-order valence-corrected chi connectivity index (χ3v) is 5.63. The number of benzene rings is 2. The molecule has 10 nitrogen and oxygen atoms in total. The lowest BCUT2D eigenvalue weighted by Gasteiger charge is -2.26. The number of carbonyl (C=O) groups excluding carboxylic acids is 4. The Morgan fingerprint density at radius 1 is 0.595 bits per heavy atom. The summed E-state index contributed by atoms with van der Waals surface area (Å²) in [6.07, 6.45) is -0.162. The predicted octanol–water partition coefficient (Wildman–Crippen LogP) is 5.82. The summed E-state index contributed by atoms with van der Waals surface area (Å²) in [7, 11) is 0. The third kappa shape index (κ3) is 14.5. The minimum atomic E-state index is -0.976. The van der Waals surface area contributed by atoms with Crippen LogP contribution in [0.15, 0.2) is 60.7 Å². The summed E-state index contributed by atoms with van der Waals surface area (Å²) in [6, 6.07) is 16.5. The molecule has 0 heterocycles. The summed E-state index contributed by atoms with van der Waals surface area (Å²) >= 11 is 0. The van der Waals surface area contributed by atoms with Gasteiger partial charge in [-0.25, -0.2) is 19.2 Å². The highest BCUT2D eigenvalue weighted by Gasteiger charge is 2.29. The smallest absolute Gasteiger partial charge is 0.408 e. The SMILES string of the molecule is CC(C)(C)OC(=O)N[C@@H](CCCC[C@@H](NC(=O)OCc1ccccc1)C(=O)OCc1ccccc1)C(=O)OC(C)(C)C. The van der Waals surface area contributed by atoms with Gasteiger partial charge in [0.05, 0.1) is 0 Å². The van der Waals surface area contributed by atoms with Crippen LogP contribution in [0, 0.1) is 0 Å². The molecule has 2 amide bonds. The zero-order valence-electron chi connectivity index (χ0n) is 25.4. The van der Waals surface area contributed by atoms with Crippen LogP contribution in [0.25, 0.3) is 0 Å². The van der Waals surface area contributed by atoms with Crippen LogP contribution in [-0.2, 0) is 41.8 Å². The van der Waals surface area contributed by atoms with E-state index in [9.17, 15) is 19.2 Å². The molecule has 0 saturated heterocycles. The van der Waals surface area contributed by atoms with Crippen molar-refractivity contribution in [1.82, 2.24) is 10.6 Å². The maximum absolute atomic E-state index is 13.0. The van der Waals surface area contributed by atoms with Crippen LogP contribution >= 0.6 is 0 Å². The van der Waals surface area contributed by atoms with E-state index in [1.165, 1.54) is 0 Å². The standard InChI is InChI=1S/C32H44N2O8/c1-31(2,3)41-28(36)26(34-30(38)42-32(4,5)6)20-14-13-19-25(27(35)39-21-23-15-9-7-10-16-23)33-29(37)40-22-24-17-11-8-12-18-24/h7-12,15-18,25-26H,13-14,19-22H2,1-6H3,(H,33,37)(H,34,38)/t25-,26+/m1/s1. The molecular weight excluding hydrogens is 540 g/mol. The van der Waals surface area contributed by atoms with Crippen LogP contribution in [0.2, 0.25) is 0 Å². The van der Waals surface area contributed by atoms with Gasteiger partial charge in [0.15, 0.2) is 0 Å². The van der Waals surface area contributed by atoms with Gasteiger partial charge < -0.3 is 29.6 Å². The van der Waals surface area contributed by atoms with Gasteiger partial charge in [-0.1, -0.05) is 73.5 Å². The van der Waals surface area contributed by atoms with E-state index in [0.717, 1.165) is 11.1 Å². The molecule has 42 heavy (non-hydrogen) atoms. The fourth-order valence-electron chi connectivity index (χ4n) is 3.75. The third-order valence-electron chi connectivity index (χ3n) is 5.63. The van der Waals surface area contributed by atoms with Crippen molar-refractivity contribution in [3.8, 4) is 0 Å². The molecule has 0 aliphatic heterocycles.